The number of aryl methyl sites for hydroxylation is 1. The van der Waals surface area contributed by atoms with Crippen molar-refractivity contribution in [3.05, 3.63) is 65.8 Å². The van der Waals surface area contributed by atoms with E-state index in [1.54, 1.807) is 18.6 Å². The van der Waals surface area contributed by atoms with E-state index in [4.69, 9.17) is 0 Å². The van der Waals surface area contributed by atoms with Crippen molar-refractivity contribution in [2.45, 2.75) is 32.9 Å². The zero-order valence-electron chi connectivity index (χ0n) is 15.2. The summed E-state index contributed by atoms with van der Waals surface area (Å²) in [5.74, 6) is 0.526. The van der Waals surface area contributed by atoms with Crippen LogP contribution in [-0.4, -0.2) is 35.6 Å². The number of nitrogens with zero attached hydrogens (tertiary/aromatic N) is 4. The zero-order valence-corrected chi connectivity index (χ0v) is 15.2. The fourth-order valence-electron chi connectivity index (χ4n) is 3.08. The fraction of sp³-hybridized carbons (Fsp3) is 0.263. The van der Waals surface area contributed by atoms with Gasteiger partial charge in [-0.3, -0.25) is 9.89 Å². The second-order valence-electron chi connectivity index (χ2n) is 6.53. The highest BCUT2D eigenvalue weighted by Gasteiger charge is 2.18. The van der Waals surface area contributed by atoms with Gasteiger partial charge in [0.05, 0.1) is 35.6 Å². The maximum atomic E-state index is 12.6. The molecule has 3 heterocycles. The smallest absolute Gasteiger partial charge is 0.272 e. The minimum atomic E-state index is -0.228. The summed E-state index contributed by atoms with van der Waals surface area (Å²) in [6, 6.07) is 9.52. The fourth-order valence-corrected chi connectivity index (χ4v) is 3.08. The van der Waals surface area contributed by atoms with E-state index in [0.29, 0.717) is 12.2 Å². The van der Waals surface area contributed by atoms with Crippen LogP contribution < -0.4 is 5.32 Å². The van der Waals surface area contributed by atoms with Crippen LogP contribution in [0.2, 0.25) is 0 Å². The molecule has 1 atom stereocenters. The second kappa shape index (κ2) is 7.06. The van der Waals surface area contributed by atoms with Crippen molar-refractivity contribution in [2.75, 3.05) is 0 Å². The Hall–Kier alpha value is -3.42. The molecule has 0 saturated carbocycles. The second-order valence-corrected chi connectivity index (χ2v) is 6.53. The van der Waals surface area contributed by atoms with Crippen LogP contribution in [0, 0.1) is 6.92 Å². The lowest BCUT2D eigenvalue weighted by atomic mass is 10.2. The Morgan fingerprint density at radius 1 is 1.30 bits per heavy atom. The summed E-state index contributed by atoms with van der Waals surface area (Å²) in [5.41, 5.74) is 4.14. The molecule has 4 aromatic rings. The average molecular weight is 363 g/mol. The van der Waals surface area contributed by atoms with E-state index < -0.39 is 0 Å². The number of H-pyrrole nitrogens is 2. The topological polar surface area (TPSA) is 104 Å². The zero-order chi connectivity index (χ0) is 18.8. The first kappa shape index (κ1) is 17.0. The number of aromatic amines is 2. The van der Waals surface area contributed by atoms with Crippen LogP contribution in [-0.2, 0) is 6.54 Å². The minimum Gasteiger partial charge on any atom is -0.344 e. The highest BCUT2D eigenvalue weighted by molar-refractivity contribution is 5.92. The molecule has 3 aromatic heterocycles. The largest absolute Gasteiger partial charge is 0.344 e. The highest BCUT2D eigenvalue weighted by Crippen LogP contribution is 2.15. The van der Waals surface area contributed by atoms with Crippen LogP contribution >= 0.6 is 0 Å². The number of imidazole rings is 2. The van der Waals surface area contributed by atoms with Crippen molar-refractivity contribution in [1.82, 2.24) is 35.0 Å². The van der Waals surface area contributed by atoms with Gasteiger partial charge in [0.15, 0.2) is 0 Å². The van der Waals surface area contributed by atoms with Crippen molar-refractivity contribution >= 4 is 16.9 Å². The molecule has 1 amide bonds. The number of carbonyl (C=O) groups excluding carboxylic acids is 1. The number of benzene rings is 1. The lowest BCUT2D eigenvalue weighted by Crippen LogP contribution is -2.29. The minimum absolute atomic E-state index is 0.177. The van der Waals surface area contributed by atoms with E-state index in [9.17, 15) is 4.79 Å². The molecule has 8 nitrogen and oxygen atoms in total. The monoisotopic (exact) mass is 363 g/mol. The average Bonchev–Trinajstić information content (AvgIpc) is 3.41. The van der Waals surface area contributed by atoms with Gasteiger partial charge in [-0.1, -0.05) is 19.1 Å². The predicted molar refractivity (Wildman–Crippen MR) is 101 cm³/mol. The molecule has 0 saturated heterocycles. The number of hydrogen-bond acceptors (Lipinski definition) is 4. The van der Waals surface area contributed by atoms with Crippen molar-refractivity contribution in [3.63, 3.8) is 0 Å². The van der Waals surface area contributed by atoms with Gasteiger partial charge in [-0.2, -0.15) is 5.10 Å². The first-order valence-electron chi connectivity index (χ1n) is 8.90. The number of nitrogens with one attached hydrogen (secondary N) is 3. The molecule has 0 unspecified atom stereocenters. The van der Waals surface area contributed by atoms with Gasteiger partial charge in [-0.05, 0) is 31.5 Å². The van der Waals surface area contributed by atoms with Crippen LogP contribution in [0.1, 0.15) is 47.1 Å². The summed E-state index contributed by atoms with van der Waals surface area (Å²) in [6.07, 6.45) is 4.28. The third kappa shape index (κ3) is 3.46. The molecule has 0 aliphatic carbocycles. The lowest BCUT2D eigenvalue weighted by molar-refractivity contribution is 0.0928. The van der Waals surface area contributed by atoms with Gasteiger partial charge in [0, 0.05) is 11.9 Å². The van der Waals surface area contributed by atoms with Crippen LogP contribution in [0.5, 0.6) is 0 Å². The van der Waals surface area contributed by atoms with Crippen molar-refractivity contribution in [2.24, 2.45) is 0 Å². The molecule has 0 spiro atoms. The summed E-state index contributed by atoms with van der Waals surface area (Å²) in [5, 5.41) is 10.1. The quantitative estimate of drug-likeness (QED) is 0.490. The van der Waals surface area contributed by atoms with Crippen LogP contribution in [0.15, 0.2) is 42.9 Å². The number of hydrogen-bond donors (Lipinski definition) is 3. The van der Waals surface area contributed by atoms with Gasteiger partial charge >= 0.3 is 0 Å². The van der Waals surface area contributed by atoms with Crippen molar-refractivity contribution in [3.8, 4) is 0 Å². The molecule has 27 heavy (non-hydrogen) atoms. The van der Waals surface area contributed by atoms with E-state index in [1.165, 1.54) is 0 Å². The highest BCUT2D eigenvalue weighted by atomic mass is 16.2. The number of fused-ring (bicyclic) bond motifs is 1. The molecule has 8 heteroatoms. The molecular weight excluding hydrogens is 342 g/mol. The normalized spacial score (nSPS) is 12.4. The Kier molecular flexibility index (Phi) is 4.45. The van der Waals surface area contributed by atoms with Gasteiger partial charge in [-0.25, -0.2) is 9.97 Å². The predicted octanol–water partition coefficient (Wildman–Crippen LogP) is 2.72. The molecule has 0 aliphatic heterocycles. The molecule has 1 aromatic carbocycles. The Labute approximate surface area is 156 Å². The number of amides is 1. The lowest BCUT2D eigenvalue weighted by Gasteiger charge is -2.13. The maximum absolute atomic E-state index is 12.6. The van der Waals surface area contributed by atoms with Crippen LogP contribution in [0.4, 0.5) is 0 Å². The molecule has 0 aliphatic rings. The molecule has 0 fully saturated rings. The Balaban J connectivity index is 1.47. The SMILES string of the molecule is CC[C@H](NC(=O)c1cc(Cn2cnc3ccccc32)[nH]n1)c1ncc(C)[nH]1. The number of aromatic nitrogens is 6. The summed E-state index contributed by atoms with van der Waals surface area (Å²) in [4.78, 5) is 24.4. The van der Waals surface area contributed by atoms with E-state index in [1.807, 2.05) is 42.7 Å². The van der Waals surface area contributed by atoms with Gasteiger partial charge in [-0.15, -0.1) is 0 Å². The number of rotatable bonds is 6. The Bertz CT molecular complexity index is 1070. The van der Waals surface area contributed by atoms with Crippen molar-refractivity contribution in [1.29, 1.82) is 0 Å². The third-order valence-electron chi connectivity index (χ3n) is 4.50. The summed E-state index contributed by atoms with van der Waals surface area (Å²) >= 11 is 0. The maximum Gasteiger partial charge on any atom is 0.272 e. The number of para-hydroxylation sites is 2. The Morgan fingerprint density at radius 3 is 2.93 bits per heavy atom. The summed E-state index contributed by atoms with van der Waals surface area (Å²) in [6.45, 7) is 4.50. The van der Waals surface area contributed by atoms with Gasteiger partial charge < -0.3 is 14.9 Å². The van der Waals surface area contributed by atoms with Crippen molar-refractivity contribution < 1.29 is 4.79 Å². The summed E-state index contributed by atoms with van der Waals surface area (Å²) < 4.78 is 2.02. The Morgan fingerprint density at radius 2 is 2.15 bits per heavy atom. The van der Waals surface area contributed by atoms with E-state index in [-0.39, 0.29) is 11.9 Å². The third-order valence-corrected chi connectivity index (χ3v) is 4.50. The molecule has 0 radical (unpaired) electrons. The number of carbonyl (C=O) groups is 1. The van der Waals surface area contributed by atoms with Crippen LogP contribution in [0.3, 0.4) is 0 Å². The summed E-state index contributed by atoms with van der Waals surface area (Å²) in [7, 11) is 0. The molecule has 0 bridgehead atoms. The molecular formula is C19H21N7O. The van der Waals surface area contributed by atoms with Gasteiger partial charge in [0.1, 0.15) is 11.5 Å². The molecule has 3 N–H and O–H groups in total. The van der Waals surface area contributed by atoms with E-state index in [2.05, 4.69) is 30.5 Å². The van der Waals surface area contributed by atoms with Gasteiger partial charge in [0.25, 0.3) is 5.91 Å². The standard InChI is InChI=1S/C19H21N7O/c1-3-14(18-20-9-12(2)22-18)23-19(27)16-8-13(24-25-16)10-26-11-21-15-6-4-5-7-17(15)26/h4-9,11,14H,3,10H2,1-2H3,(H,20,22)(H,23,27)(H,24,25)/t14-/m0/s1. The van der Waals surface area contributed by atoms with E-state index >= 15 is 0 Å². The molecule has 138 valence electrons. The molecule has 4 rings (SSSR count). The van der Waals surface area contributed by atoms with Gasteiger partial charge in [0.2, 0.25) is 0 Å². The van der Waals surface area contributed by atoms with E-state index in [0.717, 1.165) is 34.7 Å². The van der Waals surface area contributed by atoms with Crippen LogP contribution in [0.25, 0.3) is 11.0 Å². The first-order valence-corrected chi connectivity index (χ1v) is 8.90. The first-order chi connectivity index (χ1) is 13.1.